The molecular weight excluding hydrogens is 191 g/mol. The molecule has 0 unspecified atom stereocenters. The van der Waals surface area contributed by atoms with E-state index in [1.165, 1.54) is 0 Å². The minimum absolute atomic E-state index is 0. The van der Waals surface area contributed by atoms with E-state index in [1.54, 1.807) is 0 Å². The van der Waals surface area contributed by atoms with Crippen molar-refractivity contribution in [1.82, 2.24) is 0 Å². The van der Waals surface area contributed by atoms with E-state index in [9.17, 15) is 0 Å². The van der Waals surface area contributed by atoms with Crippen molar-refractivity contribution in [3.8, 4) is 0 Å². The summed E-state index contributed by atoms with van der Waals surface area (Å²) in [6.45, 7) is 0. The zero-order valence-corrected chi connectivity index (χ0v) is 5.44. The van der Waals surface area contributed by atoms with Crippen LogP contribution in [0.4, 0.5) is 0 Å². The predicted molar refractivity (Wildman–Crippen MR) is 17.4 cm³/mol. The summed E-state index contributed by atoms with van der Waals surface area (Å²) in [5.41, 5.74) is 0. The van der Waals surface area contributed by atoms with Crippen molar-refractivity contribution in [2.45, 2.75) is 0 Å². The first-order chi connectivity index (χ1) is 2.00. The molecule has 0 amide bonds. The molecule has 0 bridgehead atoms. The van der Waals surface area contributed by atoms with Crippen LogP contribution in [-0.4, -0.2) is 17.5 Å². The van der Waals surface area contributed by atoms with Gasteiger partial charge in [0.2, 0.25) is 0 Å². The normalized spacial score (nSPS) is 8.29. The second kappa shape index (κ2) is 4.97. The molecule has 4 nitrogen and oxygen atoms in total. The Balaban J connectivity index is -0.0000000800. The van der Waals surface area contributed by atoms with E-state index < -0.39 is 10.4 Å². The van der Waals surface area contributed by atoms with Crippen LogP contribution in [0.1, 0.15) is 0 Å². The Morgan fingerprint density at radius 1 is 1.14 bits per heavy atom. The van der Waals surface area contributed by atoms with Gasteiger partial charge >= 0.3 is 17.1 Å². The predicted octanol–water partition coefficient (Wildman–Crippen LogP) is -0.479. The maximum absolute atomic E-state index is 8.52. The molecule has 0 aromatic rings. The molecule has 7 heteroatoms. The van der Waals surface area contributed by atoms with Gasteiger partial charge in [-0.05, 0) is 0 Å². The Kier molecular flexibility index (Phi) is 11.1. The SMILES string of the molecule is O=S(=O)([O-])[O-].[Cu+2].[P]. The summed E-state index contributed by atoms with van der Waals surface area (Å²) >= 11 is 0. The zero-order valence-electron chi connectivity index (χ0n) is 2.79. The quantitative estimate of drug-likeness (QED) is 0.224. The second-order valence-electron chi connectivity index (χ2n) is 0.408. The molecule has 0 saturated heterocycles. The third-order valence-corrected chi connectivity index (χ3v) is 0. The summed E-state index contributed by atoms with van der Waals surface area (Å²) in [4.78, 5) is 0. The summed E-state index contributed by atoms with van der Waals surface area (Å²) in [5, 5.41) is 0. The van der Waals surface area contributed by atoms with Crippen LogP contribution >= 0.6 is 9.90 Å². The molecule has 46 valence electrons. The molecule has 4 radical (unpaired) electrons. The van der Waals surface area contributed by atoms with E-state index in [4.69, 9.17) is 17.5 Å². The van der Waals surface area contributed by atoms with Crippen molar-refractivity contribution in [3.63, 3.8) is 0 Å². The first kappa shape index (κ1) is 15.7. The number of rotatable bonds is 0. The van der Waals surface area contributed by atoms with Crippen molar-refractivity contribution in [3.05, 3.63) is 0 Å². The molecule has 0 atom stereocenters. The van der Waals surface area contributed by atoms with E-state index in [-0.39, 0.29) is 27.0 Å². The molecule has 0 N–H and O–H groups in total. The fourth-order valence-electron chi connectivity index (χ4n) is 0. The minimum Gasteiger partial charge on any atom is -0.759 e. The van der Waals surface area contributed by atoms with E-state index in [1.807, 2.05) is 0 Å². The molecule has 0 aliphatic rings. The first-order valence-corrected chi connectivity index (χ1v) is 2.00. The van der Waals surface area contributed by atoms with E-state index >= 15 is 0 Å². The van der Waals surface area contributed by atoms with Crippen LogP contribution in [0.15, 0.2) is 0 Å². The fraction of sp³-hybridized carbons (Fsp3) is 0. The van der Waals surface area contributed by atoms with Gasteiger partial charge in [-0.3, -0.25) is 8.42 Å². The van der Waals surface area contributed by atoms with Gasteiger partial charge in [0.1, 0.15) is 0 Å². The van der Waals surface area contributed by atoms with E-state index in [0.29, 0.717) is 0 Å². The summed E-state index contributed by atoms with van der Waals surface area (Å²) < 4.78 is 34.1. The summed E-state index contributed by atoms with van der Waals surface area (Å²) in [6, 6.07) is 0. The largest absolute Gasteiger partial charge is 2.00 e. The van der Waals surface area contributed by atoms with Crippen molar-refractivity contribution in [2.24, 2.45) is 0 Å². The molecular formula is CuO4PS. The van der Waals surface area contributed by atoms with Crippen LogP contribution in [-0.2, 0) is 27.5 Å². The van der Waals surface area contributed by atoms with E-state index in [2.05, 4.69) is 0 Å². The average Bonchev–Trinajstić information content (AvgIpc) is 0.722. The Labute approximate surface area is 55.4 Å². The van der Waals surface area contributed by atoms with Crippen LogP contribution < -0.4 is 0 Å². The molecule has 0 fully saturated rings. The first-order valence-electron chi connectivity index (χ1n) is 0.667. The smallest absolute Gasteiger partial charge is 0.759 e. The average molecular weight is 191 g/mol. The molecule has 0 rings (SSSR count). The van der Waals surface area contributed by atoms with Crippen LogP contribution in [0.2, 0.25) is 0 Å². The summed E-state index contributed by atoms with van der Waals surface area (Å²) in [7, 11) is -5.17. The van der Waals surface area contributed by atoms with Gasteiger partial charge in [0.15, 0.2) is 0 Å². The van der Waals surface area contributed by atoms with Gasteiger partial charge < -0.3 is 9.11 Å². The van der Waals surface area contributed by atoms with Gasteiger partial charge in [-0.2, -0.15) is 0 Å². The molecule has 0 aliphatic carbocycles. The van der Waals surface area contributed by atoms with Gasteiger partial charge in [0.25, 0.3) is 0 Å². The topological polar surface area (TPSA) is 80.3 Å². The Bertz CT molecular complexity index is 94.9. The van der Waals surface area contributed by atoms with Crippen LogP contribution in [0.3, 0.4) is 0 Å². The van der Waals surface area contributed by atoms with Gasteiger partial charge in [-0.1, -0.05) is 0 Å². The van der Waals surface area contributed by atoms with Crippen molar-refractivity contribution in [1.29, 1.82) is 0 Å². The maximum atomic E-state index is 8.52. The van der Waals surface area contributed by atoms with Gasteiger partial charge in [0.05, 0.1) is 0 Å². The Morgan fingerprint density at radius 2 is 1.14 bits per heavy atom. The van der Waals surface area contributed by atoms with Crippen molar-refractivity contribution >= 4 is 20.3 Å². The molecule has 0 aliphatic heterocycles. The molecule has 0 aromatic carbocycles. The van der Waals surface area contributed by atoms with Crippen LogP contribution in [0, 0.1) is 0 Å². The van der Waals surface area contributed by atoms with Gasteiger partial charge in [0, 0.05) is 20.3 Å². The van der Waals surface area contributed by atoms with Crippen LogP contribution in [0.5, 0.6) is 0 Å². The molecule has 0 heterocycles. The fourth-order valence-corrected chi connectivity index (χ4v) is 0. The Hall–Kier alpha value is 0.819. The van der Waals surface area contributed by atoms with Gasteiger partial charge in [-0.25, -0.2) is 0 Å². The van der Waals surface area contributed by atoms with Crippen molar-refractivity contribution in [2.75, 3.05) is 0 Å². The second-order valence-corrected chi connectivity index (χ2v) is 1.22. The summed E-state index contributed by atoms with van der Waals surface area (Å²) in [5.74, 6) is 0. The Morgan fingerprint density at radius 3 is 1.14 bits per heavy atom. The molecule has 0 saturated carbocycles. The van der Waals surface area contributed by atoms with Crippen molar-refractivity contribution < 1.29 is 34.6 Å². The monoisotopic (exact) mass is 190 g/mol. The third-order valence-electron chi connectivity index (χ3n) is 0. The summed E-state index contributed by atoms with van der Waals surface area (Å²) in [6.07, 6.45) is 0. The molecule has 7 heavy (non-hydrogen) atoms. The van der Waals surface area contributed by atoms with Gasteiger partial charge in [-0.15, -0.1) is 0 Å². The zero-order chi connectivity index (χ0) is 4.50. The third kappa shape index (κ3) is 236. The maximum Gasteiger partial charge on any atom is 2.00 e. The molecule has 0 spiro atoms. The van der Waals surface area contributed by atoms with E-state index in [0.717, 1.165) is 0 Å². The molecule has 0 aromatic heterocycles. The standard InChI is InChI=1S/Cu.H2O4S.P/c;1-5(2,3)4;/h;(H2,1,2,3,4);/q+2;;/p-2. The van der Waals surface area contributed by atoms with Crippen LogP contribution in [0.25, 0.3) is 0 Å². The number of hydrogen-bond donors (Lipinski definition) is 0. The minimum atomic E-state index is -5.17. The number of hydrogen-bond acceptors (Lipinski definition) is 4.